The number of unbranched alkanes of at least 4 members (excludes halogenated alkanes) is 2. The second kappa shape index (κ2) is 8.19. The number of nitrogens with one attached hydrogen (secondary N) is 1. The van der Waals surface area contributed by atoms with Gasteiger partial charge in [0.2, 0.25) is 5.91 Å². The quantitative estimate of drug-likeness (QED) is 0.463. The molecule has 0 saturated carbocycles. The Morgan fingerprint density at radius 3 is 2.87 bits per heavy atom. The molecular weight excluding hydrogens is 286 g/mol. The number of terminal acetylenes is 1. The minimum absolute atomic E-state index is 0.0687. The number of para-hydroxylation sites is 2. The van der Waals surface area contributed by atoms with Gasteiger partial charge in [0.05, 0.1) is 17.6 Å². The van der Waals surface area contributed by atoms with Gasteiger partial charge in [0.25, 0.3) is 0 Å². The van der Waals surface area contributed by atoms with Crippen molar-refractivity contribution in [1.29, 1.82) is 0 Å². The van der Waals surface area contributed by atoms with Gasteiger partial charge in [0.1, 0.15) is 5.82 Å². The van der Waals surface area contributed by atoms with Crippen LogP contribution in [0, 0.1) is 12.3 Å². The Kier molecular flexibility index (Phi) is 5.99. The highest BCUT2D eigenvalue weighted by Gasteiger charge is 2.09. The molecule has 1 aromatic carbocycles. The van der Waals surface area contributed by atoms with Gasteiger partial charge in [-0.05, 0) is 31.9 Å². The van der Waals surface area contributed by atoms with Gasteiger partial charge in [0, 0.05) is 18.5 Å². The van der Waals surface area contributed by atoms with E-state index in [0.29, 0.717) is 18.7 Å². The molecule has 0 aliphatic heterocycles. The lowest BCUT2D eigenvalue weighted by Crippen LogP contribution is -2.24. The first-order valence-electron chi connectivity index (χ1n) is 7.95. The molecule has 0 radical (unpaired) electrons. The van der Waals surface area contributed by atoms with Crippen LogP contribution in [-0.4, -0.2) is 22.0 Å². The van der Waals surface area contributed by atoms with Crippen molar-refractivity contribution in [1.82, 2.24) is 14.9 Å². The minimum Gasteiger partial charge on any atom is -0.352 e. The number of carbonyl (C=O) groups is 1. The van der Waals surface area contributed by atoms with Crippen molar-refractivity contribution in [3.05, 3.63) is 42.2 Å². The SMILES string of the molecule is C#CCn1c(CCCCCNC(=O)C(=C)C)nc2ccccc21. The van der Waals surface area contributed by atoms with Crippen molar-refractivity contribution >= 4 is 16.9 Å². The number of carbonyl (C=O) groups excluding carboxylic acids is 1. The van der Waals surface area contributed by atoms with Crippen LogP contribution in [0.15, 0.2) is 36.4 Å². The van der Waals surface area contributed by atoms with Crippen molar-refractivity contribution in [3.63, 3.8) is 0 Å². The third-order valence-electron chi connectivity index (χ3n) is 3.73. The van der Waals surface area contributed by atoms with E-state index in [1.807, 2.05) is 18.2 Å². The zero-order valence-corrected chi connectivity index (χ0v) is 13.6. The Morgan fingerprint density at radius 1 is 1.35 bits per heavy atom. The summed E-state index contributed by atoms with van der Waals surface area (Å²) in [5.74, 6) is 3.67. The molecule has 0 saturated heterocycles. The smallest absolute Gasteiger partial charge is 0.246 e. The van der Waals surface area contributed by atoms with Gasteiger partial charge >= 0.3 is 0 Å². The Bertz CT molecular complexity index is 737. The van der Waals surface area contributed by atoms with Crippen LogP contribution < -0.4 is 5.32 Å². The van der Waals surface area contributed by atoms with E-state index in [1.54, 1.807) is 6.92 Å². The second-order valence-electron chi connectivity index (χ2n) is 5.65. The number of imidazole rings is 1. The van der Waals surface area contributed by atoms with Gasteiger partial charge in [-0.15, -0.1) is 6.42 Å². The molecule has 0 aliphatic carbocycles. The molecular formula is C19H23N3O. The molecule has 1 heterocycles. The Morgan fingerprint density at radius 2 is 2.13 bits per heavy atom. The number of nitrogens with zero attached hydrogens (tertiary/aromatic N) is 2. The monoisotopic (exact) mass is 309 g/mol. The number of hydrogen-bond donors (Lipinski definition) is 1. The molecule has 2 rings (SSSR count). The van der Waals surface area contributed by atoms with Crippen LogP contribution in [0.1, 0.15) is 32.0 Å². The Hall–Kier alpha value is -2.54. The number of aryl methyl sites for hydroxylation is 1. The molecule has 23 heavy (non-hydrogen) atoms. The fourth-order valence-corrected chi connectivity index (χ4v) is 2.52. The average Bonchev–Trinajstić information content (AvgIpc) is 2.89. The molecule has 0 unspecified atom stereocenters. The summed E-state index contributed by atoms with van der Waals surface area (Å²) in [4.78, 5) is 16.1. The summed E-state index contributed by atoms with van der Waals surface area (Å²) in [6, 6.07) is 8.06. The van der Waals surface area contributed by atoms with E-state index in [2.05, 4.69) is 33.4 Å². The van der Waals surface area contributed by atoms with E-state index in [4.69, 9.17) is 6.42 Å². The summed E-state index contributed by atoms with van der Waals surface area (Å²) in [6.45, 7) is 6.57. The van der Waals surface area contributed by atoms with Gasteiger partial charge in [-0.1, -0.05) is 31.1 Å². The fourth-order valence-electron chi connectivity index (χ4n) is 2.52. The van der Waals surface area contributed by atoms with Crippen molar-refractivity contribution in [3.8, 4) is 12.3 Å². The zero-order chi connectivity index (χ0) is 16.7. The summed E-state index contributed by atoms with van der Waals surface area (Å²) < 4.78 is 2.11. The normalized spacial score (nSPS) is 10.4. The molecule has 0 aliphatic rings. The van der Waals surface area contributed by atoms with Crippen LogP contribution in [0.25, 0.3) is 11.0 Å². The number of hydrogen-bond acceptors (Lipinski definition) is 2. The van der Waals surface area contributed by atoms with Crippen molar-refractivity contribution < 1.29 is 4.79 Å². The maximum Gasteiger partial charge on any atom is 0.246 e. The molecule has 1 N–H and O–H groups in total. The van der Waals surface area contributed by atoms with Crippen LogP contribution in [-0.2, 0) is 17.8 Å². The summed E-state index contributed by atoms with van der Waals surface area (Å²) in [5, 5.41) is 2.85. The average molecular weight is 309 g/mol. The number of rotatable bonds is 8. The largest absolute Gasteiger partial charge is 0.352 e. The lowest BCUT2D eigenvalue weighted by atomic mass is 10.2. The third kappa shape index (κ3) is 4.46. The van der Waals surface area contributed by atoms with E-state index in [-0.39, 0.29) is 5.91 Å². The highest BCUT2D eigenvalue weighted by molar-refractivity contribution is 5.92. The number of benzene rings is 1. The van der Waals surface area contributed by atoms with Crippen molar-refractivity contribution in [2.75, 3.05) is 6.54 Å². The molecule has 4 heteroatoms. The summed E-state index contributed by atoms with van der Waals surface area (Å²) >= 11 is 0. The molecule has 1 amide bonds. The molecule has 0 atom stereocenters. The summed E-state index contributed by atoms with van der Waals surface area (Å²) in [5.41, 5.74) is 2.63. The lowest BCUT2D eigenvalue weighted by Gasteiger charge is -2.06. The Balaban J connectivity index is 1.85. The topological polar surface area (TPSA) is 46.9 Å². The summed E-state index contributed by atoms with van der Waals surface area (Å²) in [7, 11) is 0. The zero-order valence-electron chi connectivity index (χ0n) is 13.6. The highest BCUT2D eigenvalue weighted by atomic mass is 16.1. The number of aromatic nitrogens is 2. The molecule has 1 aromatic heterocycles. The van der Waals surface area contributed by atoms with Crippen LogP contribution in [0.5, 0.6) is 0 Å². The third-order valence-corrected chi connectivity index (χ3v) is 3.73. The minimum atomic E-state index is -0.0687. The van der Waals surface area contributed by atoms with Crippen LogP contribution in [0.2, 0.25) is 0 Å². The van der Waals surface area contributed by atoms with Crippen molar-refractivity contribution in [2.45, 2.75) is 39.2 Å². The maximum atomic E-state index is 11.4. The maximum absolute atomic E-state index is 11.4. The van der Waals surface area contributed by atoms with E-state index in [1.165, 1.54) is 0 Å². The van der Waals surface area contributed by atoms with Crippen molar-refractivity contribution in [2.24, 2.45) is 0 Å². The predicted octanol–water partition coefficient (Wildman–Crippen LogP) is 3.07. The highest BCUT2D eigenvalue weighted by Crippen LogP contribution is 2.17. The molecule has 0 spiro atoms. The molecule has 2 aromatic rings. The van der Waals surface area contributed by atoms with Gasteiger partial charge in [-0.25, -0.2) is 4.98 Å². The molecule has 120 valence electrons. The molecule has 0 fully saturated rings. The molecule has 4 nitrogen and oxygen atoms in total. The fraction of sp³-hybridized carbons (Fsp3) is 0.368. The standard InChI is InChI=1S/C19H23N3O/c1-4-14-22-17-11-8-7-10-16(17)21-18(22)12-6-5-9-13-20-19(23)15(2)3/h1,7-8,10-11H,2,5-6,9,12-14H2,3H3,(H,20,23). The van der Waals surface area contributed by atoms with E-state index >= 15 is 0 Å². The number of fused-ring (bicyclic) bond motifs is 1. The Labute approximate surface area is 137 Å². The first-order valence-corrected chi connectivity index (χ1v) is 7.95. The van der Waals surface area contributed by atoms with Gasteiger partial charge in [-0.3, -0.25) is 4.79 Å². The lowest BCUT2D eigenvalue weighted by molar-refractivity contribution is -0.117. The second-order valence-corrected chi connectivity index (χ2v) is 5.65. The van der Waals surface area contributed by atoms with E-state index in [0.717, 1.165) is 42.5 Å². The predicted molar refractivity (Wildman–Crippen MR) is 93.9 cm³/mol. The summed E-state index contributed by atoms with van der Waals surface area (Å²) in [6.07, 6.45) is 9.39. The van der Waals surface area contributed by atoms with E-state index in [9.17, 15) is 4.79 Å². The molecule has 0 bridgehead atoms. The van der Waals surface area contributed by atoms with Gasteiger partial charge in [0.15, 0.2) is 0 Å². The van der Waals surface area contributed by atoms with Crippen LogP contribution >= 0.6 is 0 Å². The first-order chi connectivity index (χ1) is 11.1. The van der Waals surface area contributed by atoms with Crippen LogP contribution in [0.3, 0.4) is 0 Å². The van der Waals surface area contributed by atoms with E-state index < -0.39 is 0 Å². The van der Waals surface area contributed by atoms with Gasteiger partial charge in [-0.2, -0.15) is 0 Å². The first kappa shape index (κ1) is 16.8. The van der Waals surface area contributed by atoms with Gasteiger partial charge < -0.3 is 9.88 Å². The number of amides is 1. The van der Waals surface area contributed by atoms with Crippen LogP contribution in [0.4, 0.5) is 0 Å².